The van der Waals surface area contributed by atoms with Crippen LogP contribution in [0.3, 0.4) is 0 Å². The topological polar surface area (TPSA) is 118 Å². The van der Waals surface area contributed by atoms with Gasteiger partial charge in [0.15, 0.2) is 11.2 Å². The van der Waals surface area contributed by atoms with E-state index in [0.717, 1.165) is 33.2 Å². The Labute approximate surface area is 285 Å². The molecule has 2 heterocycles. The number of anilines is 1. The molecule has 0 atom stereocenters. The van der Waals surface area contributed by atoms with Crippen LogP contribution in [0.1, 0.15) is 28.4 Å². The van der Waals surface area contributed by atoms with Gasteiger partial charge in [-0.15, -0.1) is 0 Å². The predicted octanol–water partition coefficient (Wildman–Crippen LogP) is 10.4. The summed E-state index contributed by atoms with van der Waals surface area (Å²) >= 11 is 3.48. The molecule has 0 aliphatic carbocycles. The number of carbonyl (C=O) groups excluding carboxylic acids is 1. The van der Waals surface area contributed by atoms with Gasteiger partial charge in [-0.1, -0.05) is 51.4 Å². The number of carboxylic acid groups (broad SMARTS) is 1. The molecule has 5 aromatic carbocycles. The van der Waals surface area contributed by atoms with Crippen LogP contribution in [0, 0.1) is 6.92 Å². The molecule has 0 saturated heterocycles. The van der Waals surface area contributed by atoms with Crippen molar-refractivity contribution in [2.24, 2.45) is 0 Å². The van der Waals surface area contributed by atoms with E-state index in [0.29, 0.717) is 50.5 Å². The molecule has 8 nitrogen and oxygen atoms in total. The number of halogens is 4. The molecule has 0 saturated carbocycles. The van der Waals surface area contributed by atoms with Crippen molar-refractivity contribution in [3.8, 4) is 33.8 Å². The Bertz CT molecular complexity index is 2350. The molecule has 0 bridgehead atoms. The minimum Gasteiger partial charge on any atom is -0.478 e. The third-order valence-corrected chi connectivity index (χ3v) is 8.40. The van der Waals surface area contributed by atoms with Gasteiger partial charge in [-0.2, -0.15) is 13.2 Å². The monoisotopic (exact) mass is 727 g/mol. The fraction of sp³-hybridized carbons (Fsp3) is 0.0811. The van der Waals surface area contributed by atoms with Crippen molar-refractivity contribution in [3.63, 3.8) is 0 Å². The first-order chi connectivity index (χ1) is 23.4. The standard InChI is InChI=1S/C21H12F3NO3.C16H13BrN2O2/c22-21(23,24)16-7-4-12(5-8-16)13-6-9-17-18(11-13)28-25-19(17)14-2-1-3-15(10-14)20(26)27;1-9-7-11(3-5-13(9)17)16-19-14-8-12(18-10(2)20)4-6-15(14)21-16/h1-11H,(H,26,27);3-8H,1-2H3,(H,18,20). The number of hydrogen-bond acceptors (Lipinski definition) is 6. The Morgan fingerprint density at radius 3 is 2.24 bits per heavy atom. The summed E-state index contributed by atoms with van der Waals surface area (Å²) in [7, 11) is 0. The smallest absolute Gasteiger partial charge is 0.416 e. The first-order valence-corrected chi connectivity index (χ1v) is 15.5. The highest BCUT2D eigenvalue weighted by atomic mass is 79.9. The van der Waals surface area contributed by atoms with Crippen LogP contribution in [0.4, 0.5) is 18.9 Å². The summed E-state index contributed by atoms with van der Waals surface area (Å²) in [4.78, 5) is 26.7. The summed E-state index contributed by atoms with van der Waals surface area (Å²) in [6.07, 6.45) is -4.38. The number of fused-ring (bicyclic) bond motifs is 2. The number of nitrogens with one attached hydrogen (secondary N) is 1. The van der Waals surface area contributed by atoms with Gasteiger partial charge in [-0.05, 0) is 96.4 Å². The van der Waals surface area contributed by atoms with Crippen LogP contribution in [-0.2, 0) is 11.0 Å². The summed E-state index contributed by atoms with van der Waals surface area (Å²) in [6.45, 7) is 3.49. The predicted molar refractivity (Wildman–Crippen MR) is 183 cm³/mol. The van der Waals surface area contributed by atoms with E-state index in [1.165, 1.54) is 31.2 Å². The SMILES string of the molecule is CC(=O)Nc1ccc2oc(-c3ccc(Br)c(C)c3)nc2c1.O=C(O)c1cccc(-c2noc3cc(-c4ccc(C(F)(F)F)cc4)ccc23)c1. The molecule has 49 heavy (non-hydrogen) atoms. The van der Waals surface area contributed by atoms with Gasteiger partial charge in [0.05, 0.1) is 11.1 Å². The van der Waals surface area contributed by atoms with Crippen LogP contribution in [0.5, 0.6) is 0 Å². The van der Waals surface area contributed by atoms with Crippen molar-refractivity contribution in [1.29, 1.82) is 0 Å². The lowest BCUT2D eigenvalue weighted by atomic mass is 10.0. The summed E-state index contributed by atoms with van der Waals surface area (Å²) in [5.41, 5.74) is 6.43. The van der Waals surface area contributed by atoms with Gasteiger partial charge in [0, 0.05) is 33.6 Å². The summed E-state index contributed by atoms with van der Waals surface area (Å²) in [5, 5.41) is 16.6. The summed E-state index contributed by atoms with van der Waals surface area (Å²) in [5.74, 6) is -0.582. The van der Waals surface area contributed by atoms with Crippen molar-refractivity contribution in [2.45, 2.75) is 20.0 Å². The van der Waals surface area contributed by atoms with E-state index in [1.54, 1.807) is 42.5 Å². The van der Waals surface area contributed by atoms with Crippen LogP contribution < -0.4 is 5.32 Å². The lowest BCUT2D eigenvalue weighted by molar-refractivity contribution is -0.137. The van der Waals surface area contributed by atoms with E-state index in [4.69, 9.17) is 14.0 Å². The minimum atomic E-state index is -4.38. The number of oxazole rings is 1. The molecular weight excluding hydrogens is 703 g/mol. The fourth-order valence-electron chi connectivity index (χ4n) is 5.09. The Kier molecular flexibility index (Phi) is 9.07. The molecule has 246 valence electrons. The number of aromatic carboxylic acids is 1. The summed E-state index contributed by atoms with van der Waals surface area (Å²) in [6, 6.07) is 27.8. The van der Waals surface area contributed by atoms with Gasteiger partial charge in [-0.25, -0.2) is 9.78 Å². The quantitative estimate of drug-likeness (QED) is 0.181. The molecule has 2 aromatic heterocycles. The van der Waals surface area contributed by atoms with Gasteiger partial charge in [0.2, 0.25) is 11.8 Å². The highest BCUT2D eigenvalue weighted by Gasteiger charge is 2.30. The number of aromatic nitrogens is 2. The molecule has 0 fully saturated rings. The van der Waals surface area contributed by atoms with Crippen molar-refractivity contribution >= 4 is 55.6 Å². The molecule has 0 spiro atoms. The first-order valence-electron chi connectivity index (χ1n) is 14.7. The molecule has 7 aromatic rings. The number of carboxylic acids is 1. The largest absolute Gasteiger partial charge is 0.478 e. The molecule has 2 N–H and O–H groups in total. The third kappa shape index (κ3) is 7.39. The Morgan fingerprint density at radius 2 is 1.55 bits per heavy atom. The number of alkyl halides is 3. The van der Waals surface area contributed by atoms with E-state index < -0.39 is 17.7 Å². The van der Waals surface area contributed by atoms with Gasteiger partial charge in [0.1, 0.15) is 11.2 Å². The van der Waals surface area contributed by atoms with Crippen LogP contribution in [0.2, 0.25) is 0 Å². The second-order valence-electron chi connectivity index (χ2n) is 11.0. The number of nitrogens with zero attached hydrogens (tertiary/aromatic N) is 2. The molecule has 12 heteroatoms. The molecule has 0 aliphatic heterocycles. The van der Waals surface area contributed by atoms with Gasteiger partial charge in [0.25, 0.3) is 0 Å². The number of aryl methyl sites for hydroxylation is 1. The first kappa shape index (κ1) is 33.2. The zero-order valence-electron chi connectivity index (χ0n) is 25.8. The van der Waals surface area contributed by atoms with Crippen molar-refractivity contribution < 1.29 is 36.8 Å². The van der Waals surface area contributed by atoms with E-state index >= 15 is 0 Å². The molecular formula is C37H25BrF3N3O5. The van der Waals surface area contributed by atoms with Crippen LogP contribution in [0.25, 0.3) is 55.9 Å². The molecule has 7 rings (SSSR count). The van der Waals surface area contributed by atoms with Gasteiger partial charge >= 0.3 is 12.1 Å². The fourth-order valence-corrected chi connectivity index (χ4v) is 5.33. The van der Waals surface area contributed by atoms with Crippen LogP contribution in [0.15, 0.2) is 117 Å². The average molecular weight is 729 g/mol. The maximum atomic E-state index is 12.7. The second kappa shape index (κ2) is 13.4. The molecule has 0 radical (unpaired) electrons. The maximum Gasteiger partial charge on any atom is 0.416 e. The average Bonchev–Trinajstić information content (AvgIpc) is 3.70. The Hall–Kier alpha value is -5.75. The van der Waals surface area contributed by atoms with Crippen LogP contribution >= 0.6 is 15.9 Å². The summed E-state index contributed by atoms with van der Waals surface area (Å²) < 4.78 is 50.3. The third-order valence-electron chi connectivity index (χ3n) is 7.51. The number of rotatable bonds is 5. The lowest BCUT2D eigenvalue weighted by Crippen LogP contribution is -2.05. The highest BCUT2D eigenvalue weighted by molar-refractivity contribution is 9.10. The maximum absolute atomic E-state index is 12.7. The zero-order valence-corrected chi connectivity index (χ0v) is 27.4. The van der Waals surface area contributed by atoms with E-state index in [2.05, 4.69) is 31.4 Å². The van der Waals surface area contributed by atoms with E-state index in [-0.39, 0.29) is 11.5 Å². The highest BCUT2D eigenvalue weighted by Crippen LogP contribution is 2.34. The van der Waals surface area contributed by atoms with Gasteiger partial charge in [-0.3, -0.25) is 4.79 Å². The van der Waals surface area contributed by atoms with Crippen molar-refractivity contribution in [2.75, 3.05) is 5.32 Å². The minimum absolute atomic E-state index is 0.110. The lowest BCUT2D eigenvalue weighted by Gasteiger charge is -2.07. The normalized spacial score (nSPS) is 11.3. The molecule has 0 aliphatic rings. The number of amides is 1. The molecule has 1 amide bonds. The number of hydrogen-bond donors (Lipinski definition) is 2. The zero-order chi connectivity index (χ0) is 34.9. The molecule has 0 unspecified atom stereocenters. The Morgan fingerprint density at radius 1 is 0.816 bits per heavy atom. The van der Waals surface area contributed by atoms with Crippen LogP contribution in [-0.4, -0.2) is 27.1 Å². The van der Waals surface area contributed by atoms with E-state index in [9.17, 15) is 22.8 Å². The van der Waals surface area contributed by atoms with Crippen molar-refractivity contribution in [1.82, 2.24) is 10.1 Å². The van der Waals surface area contributed by atoms with Crippen molar-refractivity contribution in [3.05, 3.63) is 124 Å². The Balaban J connectivity index is 0.000000177. The van der Waals surface area contributed by atoms with E-state index in [1.807, 2.05) is 31.2 Å². The number of benzene rings is 5. The second-order valence-corrected chi connectivity index (χ2v) is 11.9. The number of carbonyl (C=O) groups is 2. The van der Waals surface area contributed by atoms with Gasteiger partial charge < -0.3 is 19.4 Å².